The van der Waals surface area contributed by atoms with Crippen LogP contribution in [-0.4, -0.2) is 34.0 Å². The fraction of sp³-hybridized carbons (Fsp3) is 0.500. The van der Waals surface area contributed by atoms with Crippen molar-refractivity contribution in [1.29, 1.82) is 0 Å². The maximum atomic E-state index is 11.2. The average molecular weight is 404 g/mol. The van der Waals surface area contributed by atoms with Crippen molar-refractivity contribution >= 4 is 34.2 Å². The lowest BCUT2D eigenvalue weighted by Gasteiger charge is -2.33. The molecule has 0 spiro atoms. The second-order valence-corrected chi connectivity index (χ2v) is 7.13. The van der Waals surface area contributed by atoms with Gasteiger partial charge in [0.25, 0.3) is 5.69 Å². The summed E-state index contributed by atoms with van der Waals surface area (Å²) >= 11 is 2.13. The lowest BCUT2D eigenvalue weighted by Crippen LogP contribution is -2.41. The van der Waals surface area contributed by atoms with Gasteiger partial charge in [0.15, 0.2) is 0 Å². The van der Waals surface area contributed by atoms with Gasteiger partial charge in [-0.2, -0.15) is 0 Å². The first-order valence-corrected chi connectivity index (χ1v) is 7.70. The summed E-state index contributed by atoms with van der Waals surface area (Å²) in [4.78, 5) is 23.8. The number of nitro groups is 1. The highest BCUT2D eigenvalue weighted by atomic mass is 127. The molecular formula is C14H17IN2O4. The first-order chi connectivity index (χ1) is 9.70. The number of hydrogen-bond donors (Lipinski definition) is 1. The lowest BCUT2D eigenvalue weighted by molar-refractivity contribution is -0.385. The Balaban J connectivity index is 2.23. The molecule has 0 atom stereocenters. The van der Waals surface area contributed by atoms with Crippen LogP contribution in [0.5, 0.6) is 0 Å². The van der Waals surface area contributed by atoms with Gasteiger partial charge in [-0.15, -0.1) is 0 Å². The van der Waals surface area contributed by atoms with Crippen molar-refractivity contribution in [2.45, 2.75) is 26.8 Å². The quantitative estimate of drug-likeness (QED) is 0.474. The zero-order valence-corrected chi connectivity index (χ0v) is 14.1. The van der Waals surface area contributed by atoms with Crippen LogP contribution in [0.3, 0.4) is 0 Å². The Kier molecular flexibility index (Phi) is 4.52. The van der Waals surface area contributed by atoms with Gasteiger partial charge in [0.2, 0.25) is 0 Å². The van der Waals surface area contributed by atoms with Gasteiger partial charge in [0.05, 0.1) is 10.3 Å². The van der Waals surface area contributed by atoms with Crippen molar-refractivity contribution in [1.82, 2.24) is 4.90 Å². The van der Waals surface area contributed by atoms with Crippen molar-refractivity contribution in [2.24, 2.45) is 5.41 Å². The molecular weight excluding hydrogens is 387 g/mol. The Morgan fingerprint density at radius 2 is 2.19 bits per heavy atom. The van der Waals surface area contributed by atoms with Gasteiger partial charge in [0, 0.05) is 35.3 Å². The van der Waals surface area contributed by atoms with Gasteiger partial charge < -0.3 is 5.11 Å². The van der Waals surface area contributed by atoms with Crippen LogP contribution >= 0.6 is 22.6 Å². The number of carboxylic acid groups (broad SMARTS) is 1. The number of nitro benzene ring substituents is 1. The molecule has 114 valence electrons. The average Bonchev–Trinajstić information content (AvgIpc) is 2.37. The van der Waals surface area contributed by atoms with Crippen LogP contribution in [0.2, 0.25) is 0 Å². The van der Waals surface area contributed by atoms with E-state index in [2.05, 4.69) is 27.5 Å². The summed E-state index contributed by atoms with van der Waals surface area (Å²) in [6, 6.07) is 3.20. The van der Waals surface area contributed by atoms with E-state index < -0.39 is 11.4 Å². The molecule has 0 fully saturated rings. The van der Waals surface area contributed by atoms with E-state index in [0.29, 0.717) is 13.1 Å². The largest absolute Gasteiger partial charge is 0.481 e. The van der Waals surface area contributed by atoms with Gasteiger partial charge >= 0.3 is 5.97 Å². The van der Waals surface area contributed by atoms with Crippen LogP contribution in [-0.2, 0) is 17.8 Å². The van der Waals surface area contributed by atoms with Gasteiger partial charge in [-0.3, -0.25) is 19.8 Å². The molecule has 0 radical (unpaired) electrons. The molecule has 1 aliphatic heterocycles. The Bertz CT molecular complexity index is 601. The summed E-state index contributed by atoms with van der Waals surface area (Å²) in [6.45, 7) is 5.16. The third kappa shape index (κ3) is 3.52. The highest BCUT2D eigenvalue weighted by Gasteiger charge is 2.31. The molecule has 1 aromatic rings. The van der Waals surface area contributed by atoms with Crippen molar-refractivity contribution in [3.8, 4) is 0 Å². The van der Waals surface area contributed by atoms with Crippen molar-refractivity contribution in [3.05, 3.63) is 36.9 Å². The van der Waals surface area contributed by atoms with Crippen LogP contribution < -0.4 is 0 Å². The third-order valence-electron chi connectivity index (χ3n) is 3.75. The minimum Gasteiger partial charge on any atom is -0.481 e. The van der Waals surface area contributed by atoms with E-state index in [4.69, 9.17) is 0 Å². The van der Waals surface area contributed by atoms with E-state index in [9.17, 15) is 20.0 Å². The molecule has 0 unspecified atom stereocenters. The lowest BCUT2D eigenvalue weighted by atomic mass is 9.91. The number of rotatable bonds is 4. The second-order valence-electron chi connectivity index (χ2n) is 5.97. The van der Waals surface area contributed by atoms with Crippen molar-refractivity contribution in [3.63, 3.8) is 0 Å². The Morgan fingerprint density at radius 3 is 2.76 bits per heavy atom. The molecule has 0 aromatic heterocycles. The number of hydrogen-bond acceptors (Lipinski definition) is 4. The van der Waals surface area contributed by atoms with Crippen LogP contribution in [0, 0.1) is 19.1 Å². The zero-order chi connectivity index (χ0) is 15.8. The summed E-state index contributed by atoms with van der Waals surface area (Å²) in [5, 5.41) is 20.2. The van der Waals surface area contributed by atoms with Crippen LogP contribution in [0.15, 0.2) is 12.1 Å². The Morgan fingerprint density at radius 1 is 1.52 bits per heavy atom. The number of nitrogens with zero attached hydrogens (tertiary/aromatic N) is 2. The third-order valence-corrected chi connectivity index (χ3v) is 4.72. The second kappa shape index (κ2) is 5.88. The molecule has 7 heteroatoms. The van der Waals surface area contributed by atoms with Crippen LogP contribution in [0.4, 0.5) is 5.69 Å². The number of halogens is 1. The first-order valence-electron chi connectivity index (χ1n) is 6.62. The molecule has 1 aliphatic rings. The number of benzene rings is 1. The fourth-order valence-corrected chi connectivity index (χ4v) is 3.49. The first kappa shape index (κ1) is 16.2. The zero-order valence-electron chi connectivity index (χ0n) is 11.9. The van der Waals surface area contributed by atoms with Gasteiger partial charge in [-0.05, 0) is 54.0 Å². The highest BCUT2D eigenvalue weighted by Crippen LogP contribution is 2.30. The molecule has 6 nitrogen and oxygen atoms in total. The van der Waals surface area contributed by atoms with E-state index in [1.807, 2.05) is 0 Å². The monoisotopic (exact) mass is 404 g/mol. The Hall–Kier alpha value is -1.22. The normalized spacial score (nSPS) is 15.6. The summed E-state index contributed by atoms with van der Waals surface area (Å²) in [7, 11) is 0. The molecule has 1 aromatic carbocycles. The predicted molar refractivity (Wildman–Crippen MR) is 86.2 cm³/mol. The summed E-state index contributed by atoms with van der Waals surface area (Å²) in [6.07, 6.45) is 0.793. The van der Waals surface area contributed by atoms with Gasteiger partial charge in [-0.1, -0.05) is 0 Å². The molecule has 0 amide bonds. The van der Waals surface area contributed by atoms with Gasteiger partial charge in [-0.25, -0.2) is 0 Å². The van der Waals surface area contributed by atoms with E-state index in [1.54, 1.807) is 26.0 Å². The predicted octanol–water partition coefficient (Wildman–Crippen LogP) is 2.67. The highest BCUT2D eigenvalue weighted by molar-refractivity contribution is 14.1. The SMILES string of the molecule is CC(C)(CN1CCc2c(I)cc([N+](=O)[O-])cc2C1)C(=O)O. The van der Waals surface area contributed by atoms with Crippen molar-refractivity contribution in [2.75, 3.05) is 13.1 Å². The summed E-state index contributed by atoms with van der Waals surface area (Å²) in [5.74, 6) is -0.832. The Labute approximate surface area is 136 Å². The number of fused-ring (bicyclic) bond motifs is 1. The smallest absolute Gasteiger partial charge is 0.310 e. The maximum Gasteiger partial charge on any atom is 0.310 e. The summed E-state index contributed by atoms with van der Waals surface area (Å²) in [5.41, 5.74) is 1.34. The van der Waals surface area contributed by atoms with Gasteiger partial charge in [0.1, 0.15) is 0 Å². The maximum absolute atomic E-state index is 11.2. The molecule has 21 heavy (non-hydrogen) atoms. The minimum absolute atomic E-state index is 0.0949. The van der Waals surface area contributed by atoms with Crippen LogP contribution in [0.25, 0.3) is 0 Å². The van der Waals surface area contributed by atoms with E-state index in [-0.39, 0.29) is 10.6 Å². The number of non-ortho nitro benzene ring substituents is 1. The standard InChI is InChI=1S/C14H17IN2O4/c1-14(2,13(18)19)8-16-4-3-11-9(7-16)5-10(17(20)21)6-12(11)15/h5-6H,3-4,7-8H2,1-2H3,(H,18,19). The fourth-order valence-electron chi connectivity index (χ4n) is 2.56. The molecule has 0 bridgehead atoms. The molecule has 0 aliphatic carbocycles. The molecule has 2 rings (SSSR count). The van der Waals surface area contributed by atoms with Crippen LogP contribution in [0.1, 0.15) is 25.0 Å². The topological polar surface area (TPSA) is 83.7 Å². The number of aliphatic carboxylic acids is 1. The molecule has 0 saturated heterocycles. The van der Waals surface area contributed by atoms with E-state index in [1.165, 1.54) is 0 Å². The molecule has 0 saturated carbocycles. The number of carbonyl (C=O) groups is 1. The van der Waals surface area contributed by atoms with E-state index >= 15 is 0 Å². The summed E-state index contributed by atoms with van der Waals surface area (Å²) < 4.78 is 0.911. The van der Waals surface area contributed by atoms with Crippen molar-refractivity contribution < 1.29 is 14.8 Å². The molecule has 1 N–H and O–H groups in total. The molecule has 1 heterocycles. The van der Waals surface area contributed by atoms with E-state index in [0.717, 1.165) is 27.7 Å². The number of carboxylic acids is 1. The minimum atomic E-state index is -0.832.